The summed E-state index contributed by atoms with van der Waals surface area (Å²) in [5.74, 6) is 0.516. The Morgan fingerprint density at radius 1 is 1.53 bits per heavy atom. The van der Waals surface area contributed by atoms with Gasteiger partial charge in [0.05, 0.1) is 21.4 Å². The van der Waals surface area contributed by atoms with Crippen molar-refractivity contribution in [2.45, 2.75) is 50.7 Å². The molecule has 106 valence electrons. The average molecular weight is 284 g/mol. The zero-order chi connectivity index (χ0) is 14.2. The molecule has 0 aliphatic heterocycles. The third kappa shape index (κ3) is 3.39. The molecule has 0 spiro atoms. The van der Waals surface area contributed by atoms with Crippen LogP contribution in [-0.2, 0) is 11.0 Å². The van der Waals surface area contributed by atoms with Gasteiger partial charge in [-0.3, -0.25) is 10.1 Å². The zero-order valence-electron chi connectivity index (χ0n) is 11.6. The zero-order valence-corrected chi connectivity index (χ0v) is 12.5. The molecule has 0 aromatic carbocycles. The Labute approximate surface area is 116 Å². The minimum Gasteiger partial charge on any atom is -0.255 e. The maximum Gasteiger partial charge on any atom is 0.144 e. The number of halogens is 1. The maximum atomic E-state index is 13.3. The fourth-order valence-electron chi connectivity index (χ4n) is 2.39. The SMILES string of the molecule is Cc1nc([C@@H](CC(C)(C)S(N)=O)C2CC2)ccc1F. The van der Waals surface area contributed by atoms with Gasteiger partial charge in [-0.05, 0) is 58.1 Å². The van der Waals surface area contributed by atoms with E-state index in [1.54, 1.807) is 13.0 Å². The van der Waals surface area contributed by atoms with Crippen molar-refractivity contribution in [3.05, 3.63) is 29.3 Å². The van der Waals surface area contributed by atoms with Crippen LogP contribution in [0, 0.1) is 18.7 Å². The fourth-order valence-corrected chi connectivity index (χ4v) is 2.74. The van der Waals surface area contributed by atoms with E-state index < -0.39 is 15.7 Å². The summed E-state index contributed by atoms with van der Waals surface area (Å²) < 4.78 is 24.5. The predicted octanol–water partition coefficient (Wildman–Crippen LogP) is 2.81. The highest BCUT2D eigenvalue weighted by Gasteiger charge is 2.38. The lowest BCUT2D eigenvalue weighted by Crippen LogP contribution is -2.34. The number of aromatic nitrogens is 1. The van der Waals surface area contributed by atoms with Gasteiger partial charge >= 0.3 is 0 Å². The van der Waals surface area contributed by atoms with Crippen molar-refractivity contribution in [1.82, 2.24) is 4.98 Å². The molecule has 0 bridgehead atoms. The summed E-state index contributed by atoms with van der Waals surface area (Å²) in [7, 11) is -1.37. The van der Waals surface area contributed by atoms with Gasteiger partial charge in [-0.15, -0.1) is 0 Å². The van der Waals surface area contributed by atoms with Gasteiger partial charge in [0.2, 0.25) is 0 Å². The van der Waals surface area contributed by atoms with Gasteiger partial charge in [0.25, 0.3) is 0 Å². The molecule has 2 atom stereocenters. The summed E-state index contributed by atoms with van der Waals surface area (Å²) in [5, 5.41) is 5.56. The minimum atomic E-state index is -1.37. The molecule has 5 heteroatoms. The summed E-state index contributed by atoms with van der Waals surface area (Å²) in [4.78, 5) is 4.36. The molecule has 1 heterocycles. The summed E-state index contributed by atoms with van der Waals surface area (Å²) in [6, 6.07) is 3.22. The Bertz CT molecular complexity index is 500. The fraction of sp³-hybridized carbons (Fsp3) is 0.643. The first kappa shape index (κ1) is 14.6. The molecule has 2 rings (SSSR count). The number of aryl methyl sites for hydroxylation is 1. The van der Waals surface area contributed by atoms with Crippen molar-refractivity contribution in [3.63, 3.8) is 0 Å². The average Bonchev–Trinajstić information content (AvgIpc) is 3.14. The van der Waals surface area contributed by atoms with Crippen LogP contribution < -0.4 is 5.14 Å². The van der Waals surface area contributed by atoms with Crippen molar-refractivity contribution >= 4 is 11.0 Å². The van der Waals surface area contributed by atoms with Crippen LogP contribution in [0.5, 0.6) is 0 Å². The highest BCUT2D eigenvalue weighted by molar-refractivity contribution is 7.84. The smallest absolute Gasteiger partial charge is 0.144 e. The maximum absolute atomic E-state index is 13.3. The predicted molar refractivity (Wildman–Crippen MR) is 75.4 cm³/mol. The molecule has 0 saturated heterocycles. The molecule has 1 fully saturated rings. The van der Waals surface area contributed by atoms with Crippen molar-refractivity contribution in [1.29, 1.82) is 0 Å². The van der Waals surface area contributed by atoms with Gasteiger partial charge in [-0.2, -0.15) is 0 Å². The van der Waals surface area contributed by atoms with E-state index in [-0.39, 0.29) is 11.7 Å². The Kier molecular flexibility index (Phi) is 4.06. The number of hydrogen-bond acceptors (Lipinski definition) is 2. The van der Waals surface area contributed by atoms with E-state index in [4.69, 9.17) is 5.14 Å². The lowest BCUT2D eigenvalue weighted by Gasteiger charge is -2.27. The molecule has 1 saturated carbocycles. The lowest BCUT2D eigenvalue weighted by molar-refractivity contribution is 0.468. The Balaban J connectivity index is 2.25. The summed E-state index contributed by atoms with van der Waals surface area (Å²) in [6.07, 6.45) is 3.05. The van der Waals surface area contributed by atoms with E-state index in [0.717, 1.165) is 25.0 Å². The number of nitrogens with zero attached hydrogens (tertiary/aromatic N) is 1. The second-order valence-electron chi connectivity index (χ2n) is 6.01. The molecule has 1 aromatic heterocycles. The third-order valence-electron chi connectivity index (χ3n) is 3.87. The van der Waals surface area contributed by atoms with E-state index in [2.05, 4.69) is 4.98 Å². The van der Waals surface area contributed by atoms with Gasteiger partial charge in [0, 0.05) is 11.6 Å². The van der Waals surface area contributed by atoms with Crippen LogP contribution in [0.4, 0.5) is 4.39 Å². The van der Waals surface area contributed by atoms with Crippen LogP contribution in [0.3, 0.4) is 0 Å². The molecule has 1 unspecified atom stereocenters. The molecule has 1 aliphatic carbocycles. The molecule has 19 heavy (non-hydrogen) atoms. The van der Waals surface area contributed by atoms with Gasteiger partial charge < -0.3 is 0 Å². The second-order valence-corrected chi connectivity index (χ2v) is 7.71. The van der Waals surface area contributed by atoms with Crippen LogP contribution in [0.15, 0.2) is 12.1 Å². The van der Waals surface area contributed by atoms with E-state index in [1.807, 2.05) is 13.8 Å². The van der Waals surface area contributed by atoms with Crippen LogP contribution in [-0.4, -0.2) is 13.9 Å². The van der Waals surface area contributed by atoms with E-state index in [9.17, 15) is 8.60 Å². The molecule has 1 aromatic rings. The van der Waals surface area contributed by atoms with Gasteiger partial charge in [0.1, 0.15) is 5.82 Å². The molecule has 0 radical (unpaired) electrons. The Morgan fingerprint density at radius 3 is 2.63 bits per heavy atom. The quantitative estimate of drug-likeness (QED) is 0.904. The van der Waals surface area contributed by atoms with Crippen LogP contribution in [0.25, 0.3) is 0 Å². The number of rotatable bonds is 5. The largest absolute Gasteiger partial charge is 0.255 e. The molecule has 0 amide bonds. The molecule has 1 aliphatic rings. The number of pyridine rings is 1. The molecular weight excluding hydrogens is 263 g/mol. The van der Waals surface area contributed by atoms with Gasteiger partial charge in [-0.25, -0.2) is 8.60 Å². The third-order valence-corrected chi connectivity index (χ3v) is 5.13. The topological polar surface area (TPSA) is 56.0 Å². The van der Waals surface area contributed by atoms with E-state index in [0.29, 0.717) is 11.6 Å². The summed E-state index contributed by atoms with van der Waals surface area (Å²) in [5.41, 5.74) is 1.33. The van der Waals surface area contributed by atoms with Crippen LogP contribution >= 0.6 is 0 Å². The van der Waals surface area contributed by atoms with Crippen LogP contribution in [0.2, 0.25) is 0 Å². The van der Waals surface area contributed by atoms with Crippen LogP contribution in [0.1, 0.15) is 50.4 Å². The normalized spacial score (nSPS) is 19.2. The van der Waals surface area contributed by atoms with Gasteiger partial charge in [0.15, 0.2) is 0 Å². The standard InChI is InChI=1S/C14H21FN2OS/c1-9-12(15)6-7-13(17-9)11(10-4-5-10)8-14(2,3)19(16)18/h6-7,10-11H,4-5,8,16H2,1-3H3/t11-,19?/m0/s1. The second kappa shape index (κ2) is 5.29. The van der Waals surface area contributed by atoms with Crippen molar-refractivity contribution in [2.24, 2.45) is 11.1 Å². The van der Waals surface area contributed by atoms with Crippen molar-refractivity contribution in [3.8, 4) is 0 Å². The number of nitrogens with two attached hydrogens (primary N) is 1. The highest BCUT2D eigenvalue weighted by Crippen LogP contribution is 2.46. The molecular formula is C14H21FN2OS. The summed E-state index contributed by atoms with van der Waals surface area (Å²) in [6.45, 7) is 5.50. The first-order valence-corrected chi connectivity index (χ1v) is 7.82. The van der Waals surface area contributed by atoms with E-state index in [1.165, 1.54) is 6.07 Å². The Morgan fingerprint density at radius 2 is 2.16 bits per heavy atom. The molecule has 3 nitrogen and oxygen atoms in total. The molecule has 2 N–H and O–H groups in total. The minimum absolute atomic E-state index is 0.224. The lowest BCUT2D eigenvalue weighted by atomic mass is 9.89. The van der Waals surface area contributed by atoms with E-state index >= 15 is 0 Å². The number of hydrogen-bond donors (Lipinski definition) is 1. The first-order chi connectivity index (χ1) is 8.81. The van der Waals surface area contributed by atoms with Gasteiger partial charge in [-0.1, -0.05) is 0 Å². The highest BCUT2D eigenvalue weighted by atomic mass is 32.2. The first-order valence-electron chi connectivity index (χ1n) is 6.60. The monoisotopic (exact) mass is 284 g/mol. The Hall–Kier alpha value is -0.810. The van der Waals surface area contributed by atoms with Crippen molar-refractivity contribution < 1.29 is 8.60 Å². The van der Waals surface area contributed by atoms with Crippen molar-refractivity contribution in [2.75, 3.05) is 0 Å². The summed E-state index contributed by atoms with van der Waals surface area (Å²) >= 11 is 0.